The summed E-state index contributed by atoms with van der Waals surface area (Å²) in [7, 11) is -4.32. The van der Waals surface area contributed by atoms with Crippen molar-refractivity contribution in [2.24, 2.45) is 0 Å². The summed E-state index contributed by atoms with van der Waals surface area (Å²) in [6.45, 7) is 3.79. The van der Waals surface area contributed by atoms with E-state index >= 15 is 0 Å². The van der Waals surface area contributed by atoms with Crippen molar-refractivity contribution in [1.82, 2.24) is 0 Å². The fourth-order valence-corrected chi connectivity index (χ4v) is 7.34. The minimum Gasteiger partial charge on any atom is -0.259 e. The second kappa shape index (κ2) is 2.78. The molecule has 0 bridgehead atoms. The molecule has 78 valence electrons. The number of fused-ring (bicyclic) bond motifs is 3. The molecule has 0 fully saturated rings. The van der Waals surface area contributed by atoms with Crippen LogP contribution < -0.4 is 10.4 Å². The van der Waals surface area contributed by atoms with Gasteiger partial charge in [-0.1, -0.05) is 0 Å². The summed E-state index contributed by atoms with van der Waals surface area (Å²) in [5, 5.41) is 0.678. The van der Waals surface area contributed by atoms with Gasteiger partial charge in [-0.25, -0.2) is 0 Å². The molecule has 1 aliphatic rings. The molecule has 0 nitrogen and oxygen atoms in total. The van der Waals surface area contributed by atoms with Gasteiger partial charge in [-0.2, -0.15) is 0 Å². The molecule has 0 unspecified atom stereocenters. The van der Waals surface area contributed by atoms with Gasteiger partial charge in [0.15, 0.2) is 0 Å². The molecule has 2 aromatic heterocycles. The van der Waals surface area contributed by atoms with Gasteiger partial charge in [-0.3, -0.25) is 8.22 Å². The average molecular weight is 258 g/mol. The van der Waals surface area contributed by atoms with E-state index in [2.05, 4.69) is 0 Å². The Morgan fingerprint density at radius 1 is 0.933 bits per heavy atom. The first kappa shape index (κ1) is 9.69. The Bertz CT molecular complexity index is 506. The van der Waals surface area contributed by atoms with Crippen LogP contribution in [0.15, 0.2) is 12.1 Å². The molecule has 0 N–H and O–H groups in total. The number of halogens is 2. The SMILES string of the molecule is Cc1cc2c(s1)-c1sc(C)cc1[Si]2(F)F. The lowest BCUT2D eigenvalue weighted by atomic mass is 10.3. The zero-order chi connectivity index (χ0) is 10.8. The van der Waals surface area contributed by atoms with Gasteiger partial charge in [0.2, 0.25) is 0 Å². The lowest BCUT2D eigenvalue weighted by Gasteiger charge is -2.04. The van der Waals surface area contributed by atoms with Crippen LogP contribution >= 0.6 is 22.7 Å². The maximum Gasteiger partial charge on any atom is 0.490 e. The number of hydrogen-bond acceptors (Lipinski definition) is 2. The van der Waals surface area contributed by atoms with Crippen LogP contribution in [0.5, 0.6) is 0 Å². The minimum absolute atomic E-state index is 0.339. The van der Waals surface area contributed by atoms with Crippen LogP contribution in [0, 0.1) is 13.8 Å². The lowest BCUT2D eigenvalue weighted by molar-refractivity contribution is 0.657. The lowest BCUT2D eigenvalue weighted by Crippen LogP contribution is -2.46. The molecule has 0 aliphatic carbocycles. The topological polar surface area (TPSA) is 0 Å². The van der Waals surface area contributed by atoms with E-state index in [1.807, 2.05) is 13.8 Å². The molecule has 0 spiro atoms. The van der Waals surface area contributed by atoms with Gasteiger partial charge in [0.1, 0.15) is 0 Å². The largest absolute Gasteiger partial charge is 0.490 e. The summed E-state index contributed by atoms with van der Waals surface area (Å²) in [4.78, 5) is 3.64. The molecule has 0 radical (unpaired) electrons. The first-order valence-electron chi connectivity index (χ1n) is 4.60. The number of rotatable bonds is 0. The van der Waals surface area contributed by atoms with Crippen molar-refractivity contribution >= 4 is 41.8 Å². The first-order valence-corrected chi connectivity index (χ1v) is 7.99. The van der Waals surface area contributed by atoms with E-state index in [1.54, 1.807) is 12.1 Å². The minimum atomic E-state index is -4.32. The molecule has 0 saturated heterocycles. The summed E-state index contributed by atoms with van der Waals surface area (Å²) in [5.74, 6) is 0. The fourth-order valence-electron chi connectivity index (χ4n) is 1.98. The van der Waals surface area contributed by atoms with Gasteiger partial charge in [0.25, 0.3) is 0 Å². The predicted molar refractivity (Wildman–Crippen MR) is 64.3 cm³/mol. The van der Waals surface area contributed by atoms with E-state index in [9.17, 15) is 8.22 Å². The van der Waals surface area contributed by atoms with Crippen molar-refractivity contribution in [1.29, 1.82) is 0 Å². The van der Waals surface area contributed by atoms with E-state index in [0.717, 1.165) is 19.5 Å². The summed E-state index contributed by atoms with van der Waals surface area (Å²) in [6, 6.07) is 3.35. The molecule has 3 heterocycles. The Labute approximate surface area is 95.6 Å². The van der Waals surface area contributed by atoms with Crippen LogP contribution in [0.3, 0.4) is 0 Å². The normalized spacial score (nSPS) is 16.5. The molecule has 15 heavy (non-hydrogen) atoms. The van der Waals surface area contributed by atoms with Gasteiger partial charge in [-0.15, -0.1) is 22.7 Å². The third kappa shape index (κ3) is 1.14. The van der Waals surface area contributed by atoms with Gasteiger partial charge in [0, 0.05) is 29.9 Å². The van der Waals surface area contributed by atoms with Crippen LogP contribution in [-0.2, 0) is 0 Å². The summed E-state index contributed by atoms with van der Waals surface area (Å²) in [6.07, 6.45) is 0. The highest BCUT2D eigenvalue weighted by molar-refractivity contribution is 7.27. The van der Waals surface area contributed by atoms with Gasteiger partial charge >= 0.3 is 8.74 Å². The van der Waals surface area contributed by atoms with E-state index in [4.69, 9.17) is 0 Å². The average Bonchev–Trinajstić information content (AvgIpc) is 2.72. The molecule has 0 aromatic carbocycles. The van der Waals surface area contributed by atoms with Crippen LogP contribution in [0.1, 0.15) is 9.75 Å². The number of hydrogen-bond donors (Lipinski definition) is 0. The maximum absolute atomic E-state index is 14.1. The molecule has 2 aromatic rings. The molecular formula is C10H8F2S2Si. The Kier molecular flexibility index (Phi) is 1.79. The molecule has 0 amide bonds. The zero-order valence-electron chi connectivity index (χ0n) is 8.23. The van der Waals surface area contributed by atoms with Crippen molar-refractivity contribution in [3.63, 3.8) is 0 Å². The van der Waals surface area contributed by atoms with E-state index < -0.39 is 8.74 Å². The Hall–Kier alpha value is -0.523. The van der Waals surface area contributed by atoms with E-state index in [-0.39, 0.29) is 0 Å². The maximum atomic E-state index is 14.1. The van der Waals surface area contributed by atoms with Crippen molar-refractivity contribution in [2.45, 2.75) is 13.8 Å². The van der Waals surface area contributed by atoms with Crippen LogP contribution in [-0.4, -0.2) is 8.74 Å². The summed E-state index contributed by atoms with van der Waals surface area (Å²) >= 11 is 3.00. The third-order valence-electron chi connectivity index (χ3n) is 2.59. The Morgan fingerprint density at radius 2 is 1.33 bits per heavy atom. The zero-order valence-corrected chi connectivity index (χ0v) is 10.9. The van der Waals surface area contributed by atoms with Gasteiger partial charge in [0.05, 0.1) is 0 Å². The van der Waals surface area contributed by atoms with Gasteiger partial charge < -0.3 is 0 Å². The van der Waals surface area contributed by atoms with Crippen molar-refractivity contribution < 1.29 is 8.22 Å². The second-order valence-electron chi connectivity index (χ2n) is 3.77. The highest BCUT2D eigenvalue weighted by Crippen LogP contribution is 2.39. The molecule has 1 aliphatic heterocycles. The van der Waals surface area contributed by atoms with Crippen molar-refractivity contribution in [3.05, 3.63) is 21.9 Å². The first-order chi connectivity index (χ1) is 7.00. The molecule has 3 rings (SSSR count). The van der Waals surface area contributed by atoms with Crippen LogP contribution in [0.4, 0.5) is 8.22 Å². The van der Waals surface area contributed by atoms with Crippen molar-refractivity contribution in [3.8, 4) is 9.75 Å². The Morgan fingerprint density at radius 3 is 1.73 bits per heavy atom. The summed E-state index contributed by atoms with van der Waals surface area (Å²) < 4.78 is 28.2. The van der Waals surface area contributed by atoms with E-state index in [1.165, 1.54) is 22.7 Å². The summed E-state index contributed by atoms with van der Waals surface area (Å²) in [5.41, 5.74) is 0. The third-order valence-corrected chi connectivity index (χ3v) is 7.36. The molecule has 0 saturated carbocycles. The highest BCUT2D eigenvalue weighted by atomic mass is 32.1. The fraction of sp³-hybridized carbons (Fsp3) is 0.200. The van der Waals surface area contributed by atoms with Gasteiger partial charge in [-0.05, 0) is 26.0 Å². The molecular weight excluding hydrogens is 250 g/mol. The van der Waals surface area contributed by atoms with Crippen molar-refractivity contribution in [2.75, 3.05) is 0 Å². The van der Waals surface area contributed by atoms with Crippen LogP contribution in [0.25, 0.3) is 9.75 Å². The molecule has 5 heteroatoms. The smallest absolute Gasteiger partial charge is 0.259 e. The predicted octanol–water partition coefficient (Wildman–Crippen LogP) is 2.90. The quantitative estimate of drug-likeness (QED) is 0.503. The van der Waals surface area contributed by atoms with E-state index in [0.29, 0.717) is 10.4 Å². The molecule has 0 atom stereocenters. The highest BCUT2D eigenvalue weighted by Gasteiger charge is 2.51. The Balaban J connectivity index is 2.38. The standard InChI is InChI=1S/C10H8F2S2Si/c1-5-3-7-9(13-5)10-8(15(7,11)12)4-6(2)14-10/h3-4H,1-2H3. The monoisotopic (exact) mass is 258 g/mol. The second-order valence-corrected chi connectivity index (χ2v) is 8.51. The number of aryl methyl sites for hydroxylation is 2. The van der Waals surface area contributed by atoms with Crippen LogP contribution in [0.2, 0.25) is 0 Å². The number of thiophene rings is 2.